The molecule has 1 saturated heterocycles. The van der Waals surface area contributed by atoms with E-state index in [1.807, 2.05) is 12.1 Å². The molecule has 1 fully saturated rings. The van der Waals surface area contributed by atoms with Gasteiger partial charge in [0.2, 0.25) is 12.3 Å². The quantitative estimate of drug-likeness (QED) is 0.208. The smallest absolute Gasteiger partial charge is 0.243 e. The molecule has 2 rings (SSSR count). The summed E-state index contributed by atoms with van der Waals surface area (Å²) < 4.78 is 0. The number of nitrogens with zero attached hydrogens (tertiary/aromatic N) is 4. The molecule has 0 bridgehead atoms. The molecule has 0 saturated carbocycles. The number of hydrogen-bond acceptors (Lipinski definition) is 7. The predicted octanol–water partition coefficient (Wildman–Crippen LogP) is 1.32. The van der Waals surface area contributed by atoms with Crippen molar-refractivity contribution in [3.63, 3.8) is 0 Å². The number of hydrogen-bond donors (Lipinski definition) is 3. The summed E-state index contributed by atoms with van der Waals surface area (Å²) in [5.74, 6) is -0.195. The number of anilines is 1. The van der Waals surface area contributed by atoms with Crippen molar-refractivity contribution < 1.29 is 14.8 Å². The summed E-state index contributed by atoms with van der Waals surface area (Å²) in [6.07, 6.45) is 3.81. The Morgan fingerprint density at radius 2 is 2.07 bits per heavy atom. The van der Waals surface area contributed by atoms with Crippen molar-refractivity contribution >= 4 is 18.1 Å². The van der Waals surface area contributed by atoms with Crippen LogP contribution in [0.4, 0.5) is 5.82 Å². The number of rotatable bonds is 12. The third kappa shape index (κ3) is 8.35. The molecule has 0 unspecified atom stereocenters. The number of pyridine rings is 1. The molecule has 29 heavy (non-hydrogen) atoms. The van der Waals surface area contributed by atoms with Gasteiger partial charge in [-0.1, -0.05) is 32.3 Å². The van der Waals surface area contributed by atoms with E-state index in [-0.39, 0.29) is 12.5 Å². The minimum atomic E-state index is -0.488. The van der Waals surface area contributed by atoms with Crippen molar-refractivity contribution in [3.8, 4) is 0 Å². The Hall–Kier alpha value is -2.23. The monoisotopic (exact) mass is 406 g/mol. The normalized spacial score (nSPS) is 16.2. The highest BCUT2D eigenvalue weighted by molar-refractivity contribution is 5.80. The van der Waals surface area contributed by atoms with Crippen molar-refractivity contribution in [2.75, 3.05) is 45.2 Å². The van der Waals surface area contributed by atoms with Gasteiger partial charge in [-0.25, -0.2) is 10.0 Å². The molecule has 9 heteroatoms. The van der Waals surface area contributed by atoms with Gasteiger partial charge in [0.15, 0.2) is 0 Å². The SMILES string of the molecule is CCCCC[C@@H](CN(O)C=O)C(=O)NNc1cccc(CN2CCN(C)CC2)n1. The molecule has 1 aliphatic heterocycles. The number of piperazine rings is 1. The molecule has 0 aliphatic carbocycles. The van der Waals surface area contributed by atoms with E-state index in [9.17, 15) is 14.8 Å². The first-order valence-electron chi connectivity index (χ1n) is 10.3. The van der Waals surface area contributed by atoms with Crippen LogP contribution in [0, 0.1) is 5.92 Å². The summed E-state index contributed by atoms with van der Waals surface area (Å²) in [6, 6.07) is 5.68. The lowest BCUT2D eigenvalue weighted by molar-refractivity contribution is -0.154. The lowest BCUT2D eigenvalue weighted by atomic mass is 10.0. The molecule has 0 radical (unpaired) electrons. The van der Waals surface area contributed by atoms with E-state index in [0.29, 0.717) is 23.7 Å². The van der Waals surface area contributed by atoms with Crippen LogP contribution < -0.4 is 10.9 Å². The first-order chi connectivity index (χ1) is 14.0. The Labute approximate surface area is 173 Å². The Morgan fingerprint density at radius 3 is 2.76 bits per heavy atom. The Balaban J connectivity index is 1.87. The van der Waals surface area contributed by atoms with Gasteiger partial charge in [-0.05, 0) is 25.6 Å². The van der Waals surface area contributed by atoms with Crippen LogP contribution in [0.25, 0.3) is 0 Å². The zero-order chi connectivity index (χ0) is 21.1. The lowest BCUT2D eigenvalue weighted by Crippen LogP contribution is -2.44. The molecule has 1 aromatic rings. The summed E-state index contributed by atoms with van der Waals surface area (Å²) in [6.45, 7) is 6.96. The summed E-state index contributed by atoms with van der Waals surface area (Å²) in [4.78, 5) is 32.5. The molecule has 162 valence electrons. The summed E-state index contributed by atoms with van der Waals surface area (Å²) in [5.41, 5.74) is 6.47. The molecule has 0 aromatic carbocycles. The van der Waals surface area contributed by atoms with Crippen LogP contribution in [0.5, 0.6) is 0 Å². The molecule has 3 N–H and O–H groups in total. The van der Waals surface area contributed by atoms with Crippen LogP contribution in [0.1, 0.15) is 38.3 Å². The number of aromatic nitrogens is 1. The zero-order valence-corrected chi connectivity index (χ0v) is 17.5. The number of likely N-dealkylation sites (N-methyl/N-ethyl adjacent to an activating group) is 1. The van der Waals surface area contributed by atoms with Gasteiger partial charge in [0.1, 0.15) is 5.82 Å². The second kappa shape index (κ2) is 12.4. The van der Waals surface area contributed by atoms with E-state index in [4.69, 9.17) is 0 Å². The van der Waals surface area contributed by atoms with Crippen molar-refractivity contribution in [1.29, 1.82) is 0 Å². The van der Waals surface area contributed by atoms with Gasteiger partial charge in [0.05, 0.1) is 18.2 Å². The molecular weight excluding hydrogens is 372 g/mol. The van der Waals surface area contributed by atoms with E-state index < -0.39 is 5.92 Å². The van der Waals surface area contributed by atoms with Crippen LogP contribution in [0.2, 0.25) is 0 Å². The number of hydroxylamine groups is 2. The molecule has 1 aliphatic rings. The fraction of sp³-hybridized carbons (Fsp3) is 0.650. The molecule has 2 heterocycles. The summed E-state index contributed by atoms with van der Waals surface area (Å²) in [7, 11) is 2.13. The standard InChI is InChI=1S/C20H34N6O3/c1-3-4-5-7-17(14-26(29)16-27)20(28)23-22-19-9-6-8-18(21-19)15-25-12-10-24(2)11-13-25/h6,8-9,16-17,29H,3-5,7,10-15H2,1-2H3,(H,21,22)(H,23,28)/t17-/m0/s1. The fourth-order valence-electron chi connectivity index (χ4n) is 3.31. The first-order valence-corrected chi connectivity index (χ1v) is 10.3. The van der Waals surface area contributed by atoms with Crippen molar-refractivity contribution in [2.24, 2.45) is 5.92 Å². The molecule has 2 amide bonds. The van der Waals surface area contributed by atoms with Gasteiger partial charge in [-0.3, -0.25) is 30.5 Å². The van der Waals surface area contributed by atoms with Gasteiger partial charge >= 0.3 is 0 Å². The highest BCUT2D eigenvalue weighted by Crippen LogP contribution is 2.12. The second-order valence-electron chi connectivity index (χ2n) is 7.63. The van der Waals surface area contributed by atoms with Gasteiger partial charge in [0.25, 0.3) is 0 Å². The van der Waals surface area contributed by atoms with Gasteiger partial charge < -0.3 is 4.90 Å². The third-order valence-corrected chi connectivity index (χ3v) is 5.16. The Bertz CT molecular complexity index is 636. The van der Waals surface area contributed by atoms with Crippen LogP contribution >= 0.6 is 0 Å². The largest absolute Gasteiger partial charge is 0.304 e. The van der Waals surface area contributed by atoms with E-state index in [1.165, 1.54) is 0 Å². The Morgan fingerprint density at radius 1 is 1.31 bits per heavy atom. The van der Waals surface area contributed by atoms with Crippen LogP contribution in [0.15, 0.2) is 18.2 Å². The van der Waals surface area contributed by atoms with Crippen LogP contribution in [0.3, 0.4) is 0 Å². The van der Waals surface area contributed by atoms with Crippen molar-refractivity contribution in [2.45, 2.75) is 39.2 Å². The number of unbranched alkanes of at least 4 members (excludes halogenated alkanes) is 2. The van der Waals surface area contributed by atoms with Gasteiger partial charge in [-0.2, -0.15) is 0 Å². The number of carbonyl (C=O) groups is 2. The number of hydrazine groups is 1. The minimum absolute atomic E-state index is 0.0302. The maximum absolute atomic E-state index is 12.5. The van der Waals surface area contributed by atoms with Crippen molar-refractivity contribution in [1.82, 2.24) is 25.3 Å². The molecule has 9 nitrogen and oxygen atoms in total. The average molecular weight is 407 g/mol. The summed E-state index contributed by atoms with van der Waals surface area (Å²) >= 11 is 0. The van der Waals surface area contributed by atoms with Crippen LogP contribution in [-0.2, 0) is 16.1 Å². The average Bonchev–Trinajstić information content (AvgIpc) is 2.73. The Kier molecular flexibility index (Phi) is 9.82. The first kappa shape index (κ1) is 23.1. The highest BCUT2D eigenvalue weighted by atomic mass is 16.5. The van der Waals surface area contributed by atoms with E-state index in [0.717, 1.165) is 57.7 Å². The van der Waals surface area contributed by atoms with E-state index >= 15 is 0 Å². The molecule has 1 aromatic heterocycles. The van der Waals surface area contributed by atoms with Gasteiger partial charge in [-0.15, -0.1) is 0 Å². The maximum atomic E-state index is 12.5. The highest BCUT2D eigenvalue weighted by Gasteiger charge is 2.21. The van der Waals surface area contributed by atoms with Crippen LogP contribution in [-0.4, -0.2) is 77.1 Å². The van der Waals surface area contributed by atoms with Gasteiger partial charge in [0, 0.05) is 32.7 Å². The van der Waals surface area contributed by atoms with E-state index in [1.54, 1.807) is 6.07 Å². The minimum Gasteiger partial charge on any atom is -0.304 e. The van der Waals surface area contributed by atoms with Crippen molar-refractivity contribution in [3.05, 3.63) is 23.9 Å². The summed E-state index contributed by atoms with van der Waals surface area (Å²) in [5, 5.41) is 9.99. The number of carbonyl (C=O) groups excluding carboxylic acids is 2. The number of amides is 2. The molecule has 1 atom stereocenters. The zero-order valence-electron chi connectivity index (χ0n) is 17.5. The fourth-order valence-corrected chi connectivity index (χ4v) is 3.31. The topological polar surface area (TPSA) is 101 Å². The number of nitrogens with one attached hydrogen (secondary N) is 2. The molecule has 0 spiro atoms. The maximum Gasteiger partial charge on any atom is 0.243 e. The van der Waals surface area contributed by atoms with E-state index in [2.05, 4.69) is 39.6 Å². The lowest BCUT2D eigenvalue weighted by Gasteiger charge is -2.32. The second-order valence-corrected chi connectivity index (χ2v) is 7.63. The molecular formula is C20H34N6O3. The predicted molar refractivity (Wildman–Crippen MR) is 111 cm³/mol. The third-order valence-electron chi connectivity index (χ3n) is 5.16.